The first-order valence-electron chi connectivity index (χ1n) is 13.3. The number of rotatable bonds is 7. The van der Waals surface area contributed by atoms with Crippen molar-refractivity contribution in [2.24, 2.45) is 4.99 Å². The van der Waals surface area contributed by atoms with Crippen molar-refractivity contribution in [2.45, 2.75) is 39.7 Å². The zero-order valence-corrected chi connectivity index (χ0v) is 24.6. The van der Waals surface area contributed by atoms with Gasteiger partial charge in [0.1, 0.15) is 11.5 Å². The molecule has 4 rings (SSSR count). The van der Waals surface area contributed by atoms with Gasteiger partial charge in [-0.2, -0.15) is 0 Å². The molecular formula is C30H33ClFN7O2. The molecule has 0 N–H and O–H groups in total. The van der Waals surface area contributed by atoms with Gasteiger partial charge in [0.2, 0.25) is 12.3 Å². The van der Waals surface area contributed by atoms with Gasteiger partial charge in [0.15, 0.2) is 22.5 Å². The number of carbonyl (C=O) groups excluding carboxylic acids is 2. The smallest absolute Gasteiger partial charge is 0.246 e. The number of aromatic nitrogens is 3. The van der Waals surface area contributed by atoms with Crippen LogP contribution in [0.3, 0.4) is 0 Å². The van der Waals surface area contributed by atoms with Crippen LogP contribution in [0.1, 0.15) is 43.6 Å². The van der Waals surface area contributed by atoms with E-state index in [1.807, 2.05) is 38.7 Å². The van der Waals surface area contributed by atoms with Gasteiger partial charge in [0, 0.05) is 44.5 Å². The summed E-state index contributed by atoms with van der Waals surface area (Å²) in [4.78, 5) is 48.9. The van der Waals surface area contributed by atoms with E-state index in [0.717, 1.165) is 5.56 Å². The zero-order chi connectivity index (χ0) is 29.8. The number of hydrogen-bond donors (Lipinski definition) is 0. The number of aryl methyl sites for hydroxylation is 1. The third kappa shape index (κ3) is 5.83. The highest BCUT2D eigenvalue weighted by molar-refractivity contribution is 6.32. The van der Waals surface area contributed by atoms with E-state index in [9.17, 15) is 14.0 Å². The molecule has 1 aromatic carbocycles. The molecule has 0 radical (unpaired) electrons. The maximum Gasteiger partial charge on any atom is 0.246 e. The second kappa shape index (κ2) is 12.6. The average Bonchev–Trinajstić information content (AvgIpc) is 2.96. The number of pyridine rings is 1. The number of carbonyl (C=O) groups is 2. The molecule has 3 aromatic rings. The Balaban J connectivity index is 1.95. The molecule has 2 amide bonds. The Hall–Kier alpha value is -4.18. The van der Waals surface area contributed by atoms with Crippen molar-refractivity contribution < 1.29 is 14.0 Å². The number of halogens is 2. The Morgan fingerprint density at radius 3 is 2.59 bits per heavy atom. The Morgan fingerprint density at radius 1 is 1.24 bits per heavy atom. The molecule has 9 nitrogen and oxygen atoms in total. The number of piperazine rings is 1. The van der Waals surface area contributed by atoms with E-state index in [1.165, 1.54) is 17.0 Å². The van der Waals surface area contributed by atoms with E-state index in [0.29, 0.717) is 43.3 Å². The Kier molecular flexibility index (Phi) is 9.12. The number of aliphatic imine (C=N–C) groups is 1. The number of anilines is 2. The molecule has 11 heteroatoms. The van der Waals surface area contributed by atoms with Crippen LogP contribution in [-0.4, -0.2) is 75.6 Å². The van der Waals surface area contributed by atoms with Crippen LogP contribution in [0.2, 0.25) is 5.15 Å². The maximum absolute atomic E-state index is 14.9. The highest BCUT2D eigenvalue weighted by Gasteiger charge is 2.33. The molecule has 2 aromatic heterocycles. The summed E-state index contributed by atoms with van der Waals surface area (Å²) in [6.07, 6.45) is 3.65. The Bertz CT molecular complexity index is 1510. The molecule has 41 heavy (non-hydrogen) atoms. The van der Waals surface area contributed by atoms with Crippen molar-refractivity contribution in [2.75, 3.05) is 31.6 Å². The standard InChI is InChI=1S/C30H33ClFN7O2/c1-7-23(41)37-14-15-38(20(5)16-37)29(33-6)26-30(36-25(28(31)35-26)21-10-8-9-11-22(21)32)39(17-40)27-19(4)12-13-34-24(27)18(2)3/h7-13,17-18,20H,1,14-16H2,2-6H3/b33-29+. The van der Waals surface area contributed by atoms with Gasteiger partial charge in [0.05, 0.1) is 11.4 Å². The van der Waals surface area contributed by atoms with Crippen LogP contribution < -0.4 is 4.90 Å². The minimum Gasteiger partial charge on any atom is -0.349 e. The van der Waals surface area contributed by atoms with Crippen molar-refractivity contribution in [1.82, 2.24) is 24.8 Å². The third-order valence-corrected chi connectivity index (χ3v) is 7.31. The molecule has 1 atom stereocenters. The van der Waals surface area contributed by atoms with Gasteiger partial charge in [-0.1, -0.05) is 44.2 Å². The second-order valence-corrected chi connectivity index (χ2v) is 10.4. The normalized spacial score (nSPS) is 15.7. The summed E-state index contributed by atoms with van der Waals surface area (Å²) in [6.45, 7) is 12.7. The van der Waals surface area contributed by atoms with Gasteiger partial charge in [-0.05, 0) is 49.6 Å². The SMILES string of the molecule is C=CC(=O)N1CCN(/C(=N/C)c2nc(Cl)c(-c3ccccc3F)nc2N(C=O)c2c(C)ccnc2C(C)C)C(C)C1. The van der Waals surface area contributed by atoms with Crippen molar-refractivity contribution in [1.29, 1.82) is 0 Å². The van der Waals surface area contributed by atoms with Gasteiger partial charge in [-0.3, -0.25) is 24.5 Å². The lowest BCUT2D eigenvalue weighted by Gasteiger charge is -2.41. The largest absolute Gasteiger partial charge is 0.349 e. The quantitative estimate of drug-likeness (QED) is 0.167. The average molecular weight is 578 g/mol. The predicted molar refractivity (Wildman–Crippen MR) is 159 cm³/mol. The van der Waals surface area contributed by atoms with Gasteiger partial charge < -0.3 is 9.80 Å². The molecule has 0 saturated carbocycles. The molecule has 1 unspecified atom stereocenters. The van der Waals surface area contributed by atoms with Gasteiger partial charge in [0.25, 0.3) is 0 Å². The van der Waals surface area contributed by atoms with Gasteiger partial charge in [-0.25, -0.2) is 14.4 Å². The van der Waals surface area contributed by atoms with E-state index >= 15 is 0 Å². The first-order valence-corrected chi connectivity index (χ1v) is 13.7. The van der Waals surface area contributed by atoms with Crippen LogP contribution in [0.25, 0.3) is 11.3 Å². The monoisotopic (exact) mass is 577 g/mol. The summed E-state index contributed by atoms with van der Waals surface area (Å²) >= 11 is 6.68. The van der Waals surface area contributed by atoms with Gasteiger partial charge in [-0.15, -0.1) is 0 Å². The summed E-state index contributed by atoms with van der Waals surface area (Å²) in [5.41, 5.74) is 2.53. The van der Waals surface area contributed by atoms with E-state index in [2.05, 4.69) is 21.5 Å². The van der Waals surface area contributed by atoms with Crippen LogP contribution >= 0.6 is 11.6 Å². The van der Waals surface area contributed by atoms with Crippen LogP contribution in [0.15, 0.2) is 54.2 Å². The third-order valence-electron chi connectivity index (χ3n) is 7.05. The topological polar surface area (TPSA) is 94.9 Å². The van der Waals surface area contributed by atoms with E-state index < -0.39 is 5.82 Å². The van der Waals surface area contributed by atoms with E-state index in [-0.39, 0.29) is 45.8 Å². The Morgan fingerprint density at radius 2 is 1.98 bits per heavy atom. The summed E-state index contributed by atoms with van der Waals surface area (Å²) < 4.78 is 14.9. The first kappa shape index (κ1) is 29.8. The molecule has 0 aliphatic carbocycles. The fraction of sp³-hybridized carbons (Fsp3) is 0.333. The maximum atomic E-state index is 14.9. The molecule has 1 saturated heterocycles. The fourth-order valence-electron chi connectivity index (χ4n) is 5.04. The number of nitrogens with zero attached hydrogens (tertiary/aromatic N) is 7. The number of hydrogen-bond acceptors (Lipinski definition) is 6. The molecule has 3 heterocycles. The predicted octanol–water partition coefficient (Wildman–Crippen LogP) is 5.15. The van der Waals surface area contributed by atoms with E-state index in [1.54, 1.807) is 36.3 Å². The van der Waals surface area contributed by atoms with Crippen molar-refractivity contribution in [3.8, 4) is 11.3 Å². The number of amides is 2. The van der Waals surface area contributed by atoms with E-state index in [4.69, 9.17) is 16.6 Å². The lowest BCUT2D eigenvalue weighted by atomic mass is 10.0. The zero-order valence-electron chi connectivity index (χ0n) is 23.8. The minimum absolute atomic E-state index is 0.0168. The van der Waals surface area contributed by atoms with Crippen molar-refractivity contribution in [3.05, 3.63) is 77.1 Å². The first-order chi connectivity index (χ1) is 19.6. The summed E-state index contributed by atoms with van der Waals surface area (Å²) in [5.74, 6) is -0.117. The lowest BCUT2D eigenvalue weighted by Crippen LogP contribution is -2.55. The van der Waals surface area contributed by atoms with Crippen molar-refractivity contribution >= 4 is 41.3 Å². The summed E-state index contributed by atoms with van der Waals surface area (Å²) in [5, 5.41) is -0.0408. The second-order valence-electron chi connectivity index (χ2n) is 10.1. The van der Waals surface area contributed by atoms with Crippen LogP contribution in [0, 0.1) is 12.7 Å². The molecule has 1 fully saturated rings. The molecular weight excluding hydrogens is 545 g/mol. The van der Waals surface area contributed by atoms with Gasteiger partial charge >= 0.3 is 0 Å². The molecule has 0 spiro atoms. The molecule has 1 aliphatic rings. The summed E-state index contributed by atoms with van der Waals surface area (Å²) in [7, 11) is 1.62. The molecule has 0 bridgehead atoms. The van der Waals surface area contributed by atoms with Crippen molar-refractivity contribution in [3.63, 3.8) is 0 Å². The molecule has 214 valence electrons. The lowest BCUT2D eigenvalue weighted by molar-refractivity contribution is -0.128. The highest BCUT2D eigenvalue weighted by atomic mass is 35.5. The molecule has 1 aliphatic heterocycles. The fourth-order valence-corrected chi connectivity index (χ4v) is 5.27. The van der Waals surface area contributed by atoms with Crippen LogP contribution in [-0.2, 0) is 9.59 Å². The van der Waals surface area contributed by atoms with Crippen LogP contribution in [0.4, 0.5) is 15.9 Å². The number of benzene rings is 1. The van der Waals surface area contributed by atoms with Crippen LogP contribution in [0.5, 0.6) is 0 Å². The summed E-state index contributed by atoms with van der Waals surface area (Å²) in [6, 6.07) is 7.77. The Labute approximate surface area is 244 Å². The highest BCUT2D eigenvalue weighted by Crippen LogP contribution is 2.37. The number of amidine groups is 1. The minimum atomic E-state index is -0.526.